The van der Waals surface area contributed by atoms with E-state index in [1.54, 1.807) is 0 Å². The fourth-order valence-electron chi connectivity index (χ4n) is 4.95. The van der Waals surface area contributed by atoms with Gasteiger partial charge in [-0.2, -0.15) is 0 Å². The van der Waals surface area contributed by atoms with Gasteiger partial charge in [0.1, 0.15) is 24.7 Å². The van der Waals surface area contributed by atoms with Crippen LogP contribution >= 0.6 is 0 Å². The van der Waals surface area contributed by atoms with Crippen LogP contribution in [0.15, 0.2) is 41.2 Å². The van der Waals surface area contributed by atoms with Crippen LogP contribution < -0.4 is 14.9 Å². The number of hydrogen-bond donors (Lipinski definition) is 0. The third-order valence-electron chi connectivity index (χ3n) is 6.66. The lowest BCUT2D eigenvalue weighted by atomic mass is 10.1. The van der Waals surface area contributed by atoms with E-state index in [1.165, 1.54) is 0 Å². The van der Waals surface area contributed by atoms with Crippen molar-refractivity contribution in [3.8, 4) is 11.5 Å². The van der Waals surface area contributed by atoms with Crippen LogP contribution in [-0.4, -0.2) is 66.8 Å². The Bertz CT molecular complexity index is 1060. The standard InChI is InChI=1S/C30H45N3O3/c1-6-14-32(15-7-2)18-20-35-24-10-12-28-26(22-24)30(34)27-23-25(11-13-29(27)31(28)5)36-21-19-33(16-8-3)17-9-4/h10-13,22-23H,6-9,14-21H2,1-5H3. The molecule has 0 atom stereocenters. The van der Waals surface area contributed by atoms with Crippen molar-refractivity contribution in [3.05, 3.63) is 46.6 Å². The predicted octanol–water partition coefficient (Wildman–Crippen LogP) is 5.69. The third kappa shape index (κ3) is 7.23. The summed E-state index contributed by atoms with van der Waals surface area (Å²) >= 11 is 0. The van der Waals surface area contributed by atoms with Gasteiger partial charge in [0.15, 0.2) is 5.43 Å². The Kier molecular flexibility index (Phi) is 11.1. The number of benzene rings is 2. The molecule has 0 fully saturated rings. The number of pyridine rings is 1. The molecule has 0 spiro atoms. The number of nitrogens with zero attached hydrogens (tertiary/aromatic N) is 3. The van der Waals surface area contributed by atoms with E-state index in [9.17, 15) is 4.79 Å². The molecule has 6 nitrogen and oxygen atoms in total. The van der Waals surface area contributed by atoms with Crippen LogP contribution in [-0.2, 0) is 7.05 Å². The van der Waals surface area contributed by atoms with E-state index in [4.69, 9.17) is 9.47 Å². The zero-order valence-electron chi connectivity index (χ0n) is 23.0. The Morgan fingerprint density at radius 2 is 1.03 bits per heavy atom. The number of fused-ring (bicyclic) bond motifs is 2. The summed E-state index contributed by atoms with van der Waals surface area (Å²) in [5.74, 6) is 1.48. The molecule has 2 aromatic carbocycles. The second-order valence-electron chi connectivity index (χ2n) is 9.63. The van der Waals surface area contributed by atoms with E-state index in [0.29, 0.717) is 24.0 Å². The zero-order valence-corrected chi connectivity index (χ0v) is 23.0. The van der Waals surface area contributed by atoms with E-state index in [0.717, 1.165) is 87.5 Å². The maximum absolute atomic E-state index is 13.5. The molecule has 198 valence electrons. The van der Waals surface area contributed by atoms with Crippen molar-refractivity contribution < 1.29 is 9.47 Å². The van der Waals surface area contributed by atoms with Crippen LogP contribution in [0.3, 0.4) is 0 Å². The third-order valence-corrected chi connectivity index (χ3v) is 6.66. The normalized spacial score (nSPS) is 11.8. The lowest BCUT2D eigenvalue weighted by Crippen LogP contribution is -2.30. The highest BCUT2D eigenvalue weighted by atomic mass is 16.5. The molecule has 0 amide bonds. The van der Waals surface area contributed by atoms with E-state index in [1.807, 2.05) is 43.4 Å². The summed E-state index contributed by atoms with van der Waals surface area (Å²) in [6.07, 6.45) is 4.56. The largest absolute Gasteiger partial charge is 0.492 e. The Hall–Kier alpha value is -2.57. The number of rotatable bonds is 16. The van der Waals surface area contributed by atoms with Gasteiger partial charge in [0, 0.05) is 30.9 Å². The SMILES string of the molecule is CCCN(CCC)CCOc1ccc2c(c1)c(=O)c1cc(OCCN(CCC)CCC)ccc1n2C. The smallest absolute Gasteiger partial charge is 0.197 e. The quantitative estimate of drug-likeness (QED) is 0.239. The van der Waals surface area contributed by atoms with E-state index < -0.39 is 0 Å². The summed E-state index contributed by atoms with van der Waals surface area (Å²) in [4.78, 5) is 18.4. The highest BCUT2D eigenvalue weighted by Crippen LogP contribution is 2.25. The number of aryl methyl sites for hydroxylation is 1. The Balaban J connectivity index is 1.77. The molecule has 3 aromatic rings. The first-order valence-corrected chi connectivity index (χ1v) is 13.8. The summed E-state index contributed by atoms with van der Waals surface area (Å²) in [5, 5.41) is 1.35. The first-order valence-electron chi connectivity index (χ1n) is 13.8. The second-order valence-corrected chi connectivity index (χ2v) is 9.63. The lowest BCUT2D eigenvalue weighted by molar-refractivity contribution is 0.209. The average molecular weight is 496 g/mol. The van der Waals surface area contributed by atoms with E-state index in [-0.39, 0.29) is 5.43 Å². The number of hydrogen-bond acceptors (Lipinski definition) is 5. The average Bonchev–Trinajstić information content (AvgIpc) is 2.87. The molecule has 3 rings (SSSR count). The Morgan fingerprint density at radius 3 is 1.39 bits per heavy atom. The van der Waals surface area contributed by atoms with Crippen LogP contribution in [0, 0.1) is 0 Å². The van der Waals surface area contributed by atoms with Gasteiger partial charge in [0.05, 0.1) is 11.0 Å². The fourth-order valence-corrected chi connectivity index (χ4v) is 4.95. The van der Waals surface area contributed by atoms with Crippen LogP contribution in [0.1, 0.15) is 53.4 Å². The van der Waals surface area contributed by atoms with Gasteiger partial charge in [-0.1, -0.05) is 27.7 Å². The van der Waals surface area contributed by atoms with Gasteiger partial charge >= 0.3 is 0 Å². The minimum atomic E-state index is 0.0196. The van der Waals surface area contributed by atoms with Crippen LogP contribution in [0.4, 0.5) is 0 Å². The lowest BCUT2D eigenvalue weighted by Gasteiger charge is -2.21. The molecular formula is C30H45N3O3. The van der Waals surface area contributed by atoms with Gasteiger partial charge in [-0.15, -0.1) is 0 Å². The van der Waals surface area contributed by atoms with Crippen LogP contribution in [0.5, 0.6) is 11.5 Å². The molecular weight excluding hydrogens is 450 g/mol. The molecule has 0 saturated carbocycles. The summed E-state index contributed by atoms with van der Waals surface area (Å²) in [6, 6.07) is 11.7. The maximum Gasteiger partial charge on any atom is 0.197 e. The molecule has 1 heterocycles. The minimum Gasteiger partial charge on any atom is -0.492 e. The number of ether oxygens (including phenoxy) is 2. The van der Waals surface area contributed by atoms with E-state index in [2.05, 4.69) is 42.1 Å². The van der Waals surface area contributed by atoms with Gasteiger partial charge in [-0.05, 0) is 88.3 Å². The first-order chi connectivity index (χ1) is 17.5. The topological polar surface area (TPSA) is 46.9 Å². The highest BCUT2D eigenvalue weighted by Gasteiger charge is 2.12. The van der Waals surface area contributed by atoms with Crippen molar-refractivity contribution in [3.63, 3.8) is 0 Å². The van der Waals surface area contributed by atoms with Crippen molar-refractivity contribution >= 4 is 21.8 Å². The molecule has 0 aliphatic heterocycles. The molecule has 0 radical (unpaired) electrons. The zero-order chi connectivity index (χ0) is 25.9. The molecule has 1 aromatic heterocycles. The fraction of sp³-hybridized carbons (Fsp3) is 0.567. The summed E-state index contributed by atoms with van der Waals surface area (Å²) < 4.78 is 14.2. The predicted molar refractivity (Wildman–Crippen MR) is 152 cm³/mol. The van der Waals surface area contributed by atoms with Crippen LogP contribution in [0.2, 0.25) is 0 Å². The highest BCUT2D eigenvalue weighted by molar-refractivity contribution is 5.94. The number of aromatic nitrogens is 1. The second kappa shape index (κ2) is 14.2. The van der Waals surface area contributed by atoms with Crippen LogP contribution in [0.25, 0.3) is 21.8 Å². The monoisotopic (exact) mass is 495 g/mol. The van der Waals surface area contributed by atoms with Crippen molar-refractivity contribution in [2.45, 2.75) is 53.4 Å². The minimum absolute atomic E-state index is 0.0196. The maximum atomic E-state index is 13.5. The Morgan fingerprint density at radius 1 is 0.639 bits per heavy atom. The van der Waals surface area contributed by atoms with Gasteiger partial charge in [-0.3, -0.25) is 14.6 Å². The van der Waals surface area contributed by atoms with Gasteiger partial charge < -0.3 is 14.0 Å². The van der Waals surface area contributed by atoms with Crippen molar-refractivity contribution in [1.29, 1.82) is 0 Å². The summed E-state index contributed by atoms with van der Waals surface area (Å²) in [6.45, 7) is 16.2. The molecule has 0 aliphatic carbocycles. The molecule has 0 aliphatic rings. The van der Waals surface area contributed by atoms with Crippen molar-refractivity contribution in [2.75, 3.05) is 52.5 Å². The molecule has 6 heteroatoms. The molecule has 0 saturated heterocycles. The van der Waals surface area contributed by atoms with Crippen molar-refractivity contribution in [2.24, 2.45) is 7.05 Å². The Labute approximate surface area is 216 Å². The summed E-state index contributed by atoms with van der Waals surface area (Å²) in [7, 11) is 2.01. The molecule has 36 heavy (non-hydrogen) atoms. The van der Waals surface area contributed by atoms with E-state index >= 15 is 0 Å². The first kappa shape index (κ1) is 28.0. The summed E-state index contributed by atoms with van der Waals surface area (Å²) in [5.41, 5.74) is 1.83. The molecule has 0 bridgehead atoms. The molecule has 0 unspecified atom stereocenters. The van der Waals surface area contributed by atoms with Gasteiger partial charge in [0.25, 0.3) is 0 Å². The van der Waals surface area contributed by atoms with Gasteiger partial charge in [-0.25, -0.2) is 0 Å². The van der Waals surface area contributed by atoms with Gasteiger partial charge in [0.2, 0.25) is 0 Å². The van der Waals surface area contributed by atoms with Crippen molar-refractivity contribution in [1.82, 2.24) is 14.4 Å². The molecule has 0 N–H and O–H groups in total.